The second kappa shape index (κ2) is 8.65. The Morgan fingerprint density at radius 2 is 1.54 bits per heavy atom. The summed E-state index contributed by atoms with van der Waals surface area (Å²) in [6.07, 6.45) is 0. The molecule has 5 nitrogen and oxygen atoms in total. The molecule has 0 atom stereocenters. The van der Waals surface area contributed by atoms with Gasteiger partial charge in [-0.2, -0.15) is 0 Å². The van der Waals surface area contributed by atoms with Crippen molar-refractivity contribution in [1.29, 1.82) is 0 Å². The Kier molecular flexibility index (Phi) is 5.81. The monoisotopic (exact) mass is 392 g/mol. The summed E-state index contributed by atoms with van der Waals surface area (Å²) in [5, 5.41) is 2.61. The van der Waals surface area contributed by atoms with E-state index in [0.29, 0.717) is 25.3 Å². The Balaban J connectivity index is 1.49. The van der Waals surface area contributed by atoms with Crippen molar-refractivity contribution in [3.63, 3.8) is 0 Å². The minimum absolute atomic E-state index is 0.00609. The maximum atomic E-state index is 12.8. The summed E-state index contributed by atoms with van der Waals surface area (Å²) >= 11 is 1.45. The summed E-state index contributed by atoms with van der Waals surface area (Å²) in [6.45, 7) is 3.43. The average Bonchev–Trinajstić information content (AvgIpc) is 3.25. The number of rotatable bonds is 5. The van der Waals surface area contributed by atoms with Gasteiger partial charge in [-0.3, -0.25) is 9.69 Å². The Bertz CT molecular complexity index is 865. The van der Waals surface area contributed by atoms with Crippen LogP contribution in [0.15, 0.2) is 66.0 Å². The third kappa shape index (κ3) is 3.99. The number of amides is 1. The standard InChI is InChI=1S/C22H24N4OS/c23-15-20-24-19(16-28-20)22(27)26-13-11-25(12-14-26)21(17-7-3-1-4-8-17)18-9-5-2-6-10-18/h1-10,16,21H,11-15,23H2. The molecule has 1 aromatic heterocycles. The molecule has 144 valence electrons. The number of nitrogens with zero attached hydrogens (tertiary/aromatic N) is 3. The summed E-state index contributed by atoms with van der Waals surface area (Å²) in [5.41, 5.74) is 8.69. The van der Waals surface area contributed by atoms with Crippen molar-refractivity contribution in [2.45, 2.75) is 12.6 Å². The summed E-state index contributed by atoms with van der Waals surface area (Å²) < 4.78 is 0. The van der Waals surface area contributed by atoms with Gasteiger partial charge in [-0.15, -0.1) is 11.3 Å². The average molecular weight is 393 g/mol. The number of aromatic nitrogens is 1. The zero-order valence-electron chi connectivity index (χ0n) is 15.7. The van der Waals surface area contributed by atoms with Gasteiger partial charge in [-0.1, -0.05) is 60.7 Å². The quantitative estimate of drug-likeness (QED) is 0.725. The van der Waals surface area contributed by atoms with Crippen molar-refractivity contribution in [3.05, 3.63) is 87.9 Å². The number of nitrogens with two attached hydrogens (primary N) is 1. The summed E-state index contributed by atoms with van der Waals surface area (Å²) in [4.78, 5) is 21.5. The molecule has 2 aromatic carbocycles. The SMILES string of the molecule is NCc1nc(C(=O)N2CCN(C(c3ccccc3)c3ccccc3)CC2)cs1. The van der Waals surface area contributed by atoms with E-state index in [9.17, 15) is 4.79 Å². The van der Waals surface area contributed by atoms with Crippen LogP contribution in [0.1, 0.15) is 32.7 Å². The van der Waals surface area contributed by atoms with E-state index in [2.05, 4.69) is 58.4 Å². The van der Waals surface area contributed by atoms with Gasteiger partial charge < -0.3 is 10.6 Å². The second-order valence-electron chi connectivity index (χ2n) is 6.88. The molecular formula is C22H24N4OS. The third-order valence-corrected chi connectivity index (χ3v) is 6.01. The van der Waals surface area contributed by atoms with Gasteiger partial charge in [0.05, 0.1) is 6.04 Å². The minimum atomic E-state index is 0.00609. The molecule has 1 saturated heterocycles. The van der Waals surface area contributed by atoms with E-state index in [-0.39, 0.29) is 11.9 Å². The van der Waals surface area contributed by atoms with E-state index in [1.54, 1.807) is 0 Å². The van der Waals surface area contributed by atoms with E-state index in [0.717, 1.165) is 18.1 Å². The first-order valence-electron chi connectivity index (χ1n) is 9.54. The molecule has 0 aliphatic carbocycles. The van der Waals surface area contributed by atoms with Crippen molar-refractivity contribution in [2.24, 2.45) is 5.73 Å². The highest BCUT2D eigenvalue weighted by Gasteiger charge is 2.29. The van der Waals surface area contributed by atoms with Gasteiger partial charge in [-0.05, 0) is 11.1 Å². The summed E-state index contributed by atoms with van der Waals surface area (Å²) in [5.74, 6) is 0.00609. The van der Waals surface area contributed by atoms with Gasteiger partial charge in [0.15, 0.2) is 0 Å². The molecule has 0 unspecified atom stereocenters. The van der Waals surface area contributed by atoms with E-state index in [1.165, 1.54) is 22.5 Å². The van der Waals surface area contributed by atoms with Crippen molar-refractivity contribution < 1.29 is 4.79 Å². The molecule has 4 rings (SSSR count). The van der Waals surface area contributed by atoms with Crippen LogP contribution in [0.25, 0.3) is 0 Å². The van der Waals surface area contributed by atoms with Crippen LogP contribution < -0.4 is 5.73 Å². The zero-order valence-corrected chi connectivity index (χ0v) is 16.5. The molecule has 0 radical (unpaired) electrons. The Hall–Kier alpha value is -2.54. The number of carbonyl (C=O) groups is 1. The molecule has 0 saturated carbocycles. The summed E-state index contributed by atoms with van der Waals surface area (Å²) in [7, 11) is 0. The Labute approximate surface area is 169 Å². The number of hydrogen-bond donors (Lipinski definition) is 1. The fraction of sp³-hybridized carbons (Fsp3) is 0.273. The highest BCUT2D eigenvalue weighted by atomic mass is 32.1. The molecule has 0 bridgehead atoms. The van der Waals surface area contributed by atoms with Crippen LogP contribution in [0.3, 0.4) is 0 Å². The Morgan fingerprint density at radius 3 is 2.04 bits per heavy atom. The number of hydrogen-bond acceptors (Lipinski definition) is 5. The molecule has 0 spiro atoms. The van der Waals surface area contributed by atoms with E-state index >= 15 is 0 Å². The van der Waals surface area contributed by atoms with Gasteiger partial charge in [0.1, 0.15) is 10.7 Å². The first-order chi connectivity index (χ1) is 13.8. The molecule has 1 fully saturated rings. The van der Waals surface area contributed by atoms with Gasteiger partial charge >= 0.3 is 0 Å². The van der Waals surface area contributed by atoms with Crippen LogP contribution in [0, 0.1) is 0 Å². The van der Waals surface area contributed by atoms with Gasteiger partial charge in [-0.25, -0.2) is 4.98 Å². The van der Waals surface area contributed by atoms with Crippen molar-refractivity contribution in [1.82, 2.24) is 14.8 Å². The molecule has 6 heteroatoms. The van der Waals surface area contributed by atoms with Crippen LogP contribution in [0.4, 0.5) is 0 Å². The Morgan fingerprint density at radius 1 is 0.964 bits per heavy atom. The minimum Gasteiger partial charge on any atom is -0.335 e. The zero-order chi connectivity index (χ0) is 19.3. The van der Waals surface area contributed by atoms with Crippen molar-refractivity contribution >= 4 is 17.2 Å². The van der Waals surface area contributed by atoms with Crippen molar-refractivity contribution in [2.75, 3.05) is 26.2 Å². The van der Waals surface area contributed by atoms with Crippen LogP contribution in [0.2, 0.25) is 0 Å². The molecule has 1 aliphatic heterocycles. The van der Waals surface area contributed by atoms with Crippen molar-refractivity contribution in [3.8, 4) is 0 Å². The van der Waals surface area contributed by atoms with Crippen LogP contribution >= 0.6 is 11.3 Å². The van der Waals surface area contributed by atoms with Crippen LogP contribution in [-0.4, -0.2) is 46.9 Å². The van der Waals surface area contributed by atoms with Crippen LogP contribution in [0.5, 0.6) is 0 Å². The lowest BCUT2D eigenvalue weighted by Gasteiger charge is -2.39. The van der Waals surface area contributed by atoms with E-state index < -0.39 is 0 Å². The maximum Gasteiger partial charge on any atom is 0.273 e. The largest absolute Gasteiger partial charge is 0.335 e. The van der Waals surface area contributed by atoms with Gasteiger partial charge in [0.2, 0.25) is 0 Å². The fourth-order valence-corrected chi connectivity index (χ4v) is 4.38. The maximum absolute atomic E-state index is 12.8. The number of thiazole rings is 1. The molecule has 28 heavy (non-hydrogen) atoms. The fourth-order valence-electron chi connectivity index (χ4n) is 3.73. The molecule has 2 N–H and O–H groups in total. The summed E-state index contributed by atoms with van der Waals surface area (Å²) in [6, 6.07) is 21.4. The smallest absolute Gasteiger partial charge is 0.273 e. The molecule has 3 aromatic rings. The first-order valence-corrected chi connectivity index (χ1v) is 10.4. The highest BCUT2D eigenvalue weighted by molar-refractivity contribution is 7.09. The van der Waals surface area contributed by atoms with Gasteiger partial charge in [0.25, 0.3) is 5.91 Å². The molecular weight excluding hydrogens is 368 g/mol. The topological polar surface area (TPSA) is 62.5 Å². The predicted molar refractivity (Wildman–Crippen MR) is 112 cm³/mol. The third-order valence-electron chi connectivity index (χ3n) is 5.14. The number of benzene rings is 2. The van der Waals surface area contributed by atoms with E-state index in [4.69, 9.17) is 5.73 Å². The second-order valence-corrected chi connectivity index (χ2v) is 7.83. The lowest BCUT2D eigenvalue weighted by Crippen LogP contribution is -2.50. The van der Waals surface area contributed by atoms with Gasteiger partial charge in [0, 0.05) is 38.1 Å². The highest BCUT2D eigenvalue weighted by Crippen LogP contribution is 2.29. The molecule has 2 heterocycles. The predicted octanol–water partition coefficient (Wildman–Crippen LogP) is 3.15. The molecule has 1 aliphatic rings. The number of piperazine rings is 1. The molecule has 1 amide bonds. The normalized spacial score (nSPS) is 15.1. The number of carbonyl (C=O) groups excluding carboxylic acids is 1. The lowest BCUT2D eigenvalue weighted by molar-refractivity contribution is 0.0592. The first kappa shape index (κ1) is 18.8. The lowest BCUT2D eigenvalue weighted by atomic mass is 9.96. The van der Waals surface area contributed by atoms with Crippen LogP contribution in [-0.2, 0) is 6.54 Å². The van der Waals surface area contributed by atoms with E-state index in [1.807, 2.05) is 22.4 Å².